The molecule has 154 valence electrons. The normalized spacial score (nSPS) is 14.8. The van der Waals surface area contributed by atoms with Crippen molar-refractivity contribution in [2.75, 3.05) is 0 Å². The van der Waals surface area contributed by atoms with Gasteiger partial charge in [0.25, 0.3) is 0 Å². The van der Waals surface area contributed by atoms with Crippen LogP contribution in [0.4, 0.5) is 4.79 Å². The van der Waals surface area contributed by atoms with Gasteiger partial charge in [0.1, 0.15) is 11.6 Å². The zero-order chi connectivity index (χ0) is 21.3. The number of hydrogen-bond donors (Lipinski definition) is 3. The smallest absolute Gasteiger partial charge is 0.408 e. The topological polar surface area (TPSA) is 105 Å². The molecule has 0 radical (unpaired) electrons. The summed E-state index contributed by atoms with van der Waals surface area (Å²) < 4.78 is 5.15. The third-order valence-electron chi connectivity index (χ3n) is 3.90. The van der Waals surface area contributed by atoms with E-state index in [1.807, 2.05) is 37.3 Å². The largest absolute Gasteiger partial charge is 0.478 e. The van der Waals surface area contributed by atoms with Crippen molar-refractivity contribution in [3.63, 3.8) is 0 Å². The number of hydrogen-bond acceptors (Lipinski definition) is 4. The molecule has 0 aliphatic heterocycles. The van der Waals surface area contributed by atoms with Gasteiger partial charge in [-0.25, -0.2) is 9.59 Å². The molecule has 1 aromatic rings. The van der Waals surface area contributed by atoms with Gasteiger partial charge in [0.2, 0.25) is 5.91 Å². The number of benzene rings is 1. The van der Waals surface area contributed by atoms with Crippen molar-refractivity contribution in [1.29, 1.82) is 0 Å². The maximum absolute atomic E-state index is 12.5. The van der Waals surface area contributed by atoms with Crippen LogP contribution in [-0.4, -0.2) is 40.8 Å². The number of nitrogens with one attached hydrogen (secondary N) is 2. The zero-order valence-corrected chi connectivity index (χ0v) is 17.1. The predicted octanol–water partition coefficient (Wildman–Crippen LogP) is 2.90. The van der Waals surface area contributed by atoms with Crippen molar-refractivity contribution < 1.29 is 24.2 Å². The van der Waals surface area contributed by atoms with E-state index in [2.05, 4.69) is 10.6 Å². The van der Waals surface area contributed by atoms with Crippen LogP contribution >= 0.6 is 0 Å². The van der Waals surface area contributed by atoms with Gasteiger partial charge in [0, 0.05) is 6.08 Å². The van der Waals surface area contributed by atoms with E-state index in [0.717, 1.165) is 11.6 Å². The second kappa shape index (κ2) is 10.5. The van der Waals surface area contributed by atoms with Gasteiger partial charge in [-0.05, 0) is 45.6 Å². The first kappa shape index (κ1) is 23.2. The molecular formula is C21H30N2O5. The summed E-state index contributed by atoms with van der Waals surface area (Å²) in [5, 5.41) is 14.2. The van der Waals surface area contributed by atoms with Crippen LogP contribution in [0.1, 0.15) is 40.2 Å². The molecule has 7 nitrogen and oxygen atoms in total. The van der Waals surface area contributed by atoms with Gasteiger partial charge in [-0.1, -0.05) is 43.3 Å². The van der Waals surface area contributed by atoms with Gasteiger partial charge in [0.15, 0.2) is 0 Å². The summed E-state index contributed by atoms with van der Waals surface area (Å²) in [5.41, 5.74) is 0.412. The van der Waals surface area contributed by atoms with Crippen LogP contribution in [-0.2, 0) is 20.7 Å². The summed E-state index contributed by atoms with van der Waals surface area (Å²) in [6.07, 6.45) is 2.43. The summed E-state index contributed by atoms with van der Waals surface area (Å²) in [6.45, 7) is 8.66. The van der Waals surface area contributed by atoms with Gasteiger partial charge < -0.3 is 20.5 Å². The Bertz CT molecular complexity index is 694. The molecule has 2 amide bonds. The van der Waals surface area contributed by atoms with Crippen molar-refractivity contribution in [2.24, 2.45) is 5.92 Å². The van der Waals surface area contributed by atoms with Crippen LogP contribution in [0, 0.1) is 5.92 Å². The lowest BCUT2D eigenvalue weighted by Gasteiger charge is -2.25. The molecule has 0 heterocycles. The number of carbonyl (C=O) groups is 3. The van der Waals surface area contributed by atoms with Crippen molar-refractivity contribution >= 4 is 18.0 Å². The maximum Gasteiger partial charge on any atom is 0.408 e. The third kappa shape index (κ3) is 9.21. The van der Waals surface area contributed by atoms with E-state index < -0.39 is 35.7 Å². The number of carboxylic acid groups (broad SMARTS) is 1. The first-order valence-electron chi connectivity index (χ1n) is 9.23. The molecule has 0 aromatic heterocycles. The van der Waals surface area contributed by atoms with Crippen molar-refractivity contribution in [2.45, 2.75) is 58.7 Å². The van der Waals surface area contributed by atoms with Crippen LogP contribution in [0.25, 0.3) is 0 Å². The second-order valence-electron chi connectivity index (χ2n) is 7.77. The Morgan fingerprint density at radius 3 is 2.25 bits per heavy atom. The Morgan fingerprint density at radius 1 is 1.11 bits per heavy atom. The lowest BCUT2D eigenvalue weighted by Crippen LogP contribution is -2.50. The Kier molecular flexibility index (Phi) is 8.70. The monoisotopic (exact) mass is 390 g/mol. The molecule has 0 bridgehead atoms. The molecule has 0 saturated heterocycles. The van der Waals surface area contributed by atoms with E-state index in [4.69, 9.17) is 9.84 Å². The Labute approximate surface area is 166 Å². The fraction of sp³-hybridized carbons (Fsp3) is 0.476. The molecule has 3 N–H and O–H groups in total. The second-order valence-corrected chi connectivity index (χ2v) is 7.77. The van der Waals surface area contributed by atoms with E-state index >= 15 is 0 Å². The minimum absolute atomic E-state index is 0.0596. The van der Waals surface area contributed by atoms with Crippen molar-refractivity contribution in [3.8, 4) is 0 Å². The summed E-state index contributed by atoms with van der Waals surface area (Å²) in [7, 11) is 0. The Morgan fingerprint density at radius 2 is 1.71 bits per heavy atom. The lowest BCUT2D eigenvalue weighted by atomic mass is 9.93. The molecule has 1 aromatic carbocycles. The van der Waals surface area contributed by atoms with Gasteiger partial charge in [-0.3, -0.25) is 4.79 Å². The quantitative estimate of drug-likeness (QED) is 0.592. The standard InChI is InChI=1S/C21H30N2O5/c1-14(13-16-9-7-6-8-10-16)17(11-12-18(24)25)23-19(26)15(2)22-20(27)28-21(3,4)5/h6-12,14-15,17H,13H2,1-5H3,(H,22,27)(H,23,26)(H,24,25)/b12-11+/t14?,15-,17+/m0/s1. The fourth-order valence-electron chi connectivity index (χ4n) is 2.52. The lowest BCUT2D eigenvalue weighted by molar-refractivity contribution is -0.131. The molecule has 0 fully saturated rings. The van der Waals surface area contributed by atoms with Crippen LogP contribution in [0.15, 0.2) is 42.5 Å². The molecule has 7 heteroatoms. The Balaban J connectivity index is 2.77. The molecule has 1 unspecified atom stereocenters. The average Bonchev–Trinajstić information content (AvgIpc) is 2.57. The summed E-state index contributed by atoms with van der Waals surface area (Å²) in [4.78, 5) is 35.2. The number of alkyl carbamates (subject to hydrolysis) is 1. The molecular weight excluding hydrogens is 360 g/mol. The average molecular weight is 390 g/mol. The molecule has 28 heavy (non-hydrogen) atoms. The number of rotatable bonds is 8. The van der Waals surface area contributed by atoms with E-state index in [0.29, 0.717) is 6.42 Å². The van der Waals surface area contributed by atoms with E-state index in [1.54, 1.807) is 27.7 Å². The maximum atomic E-state index is 12.5. The highest BCUT2D eigenvalue weighted by Gasteiger charge is 2.24. The molecule has 0 aliphatic rings. The zero-order valence-electron chi connectivity index (χ0n) is 17.1. The van der Waals surface area contributed by atoms with Crippen molar-refractivity contribution in [1.82, 2.24) is 10.6 Å². The first-order valence-corrected chi connectivity index (χ1v) is 9.23. The van der Waals surface area contributed by atoms with Crippen LogP contribution in [0.3, 0.4) is 0 Å². The highest BCUT2D eigenvalue weighted by molar-refractivity contribution is 5.86. The van der Waals surface area contributed by atoms with Gasteiger partial charge in [-0.15, -0.1) is 0 Å². The summed E-state index contributed by atoms with van der Waals surface area (Å²) in [5.74, 6) is -1.58. The van der Waals surface area contributed by atoms with Crippen LogP contribution in [0.5, 0.6) is 0 Å². The van der Waals surface area contributed by atoms with Gasteiger partial charge in [-0.2, -0.15) is 0 Å². The number of aliphatic carboxylic acids is 1. The molecule has 0 saturated carbocycles. The van der Waals surface area contributed by atoms with Crippen LogP contribution < -0.4 is 10.6 Å². The number of amides is 2. The van der Waals surface area contributed by atoms with E-state index in [-0.39, 0.29) is 5.92 Å². The molecule has 0 aliphatic carbocycles. The van der Waals surface area contributed by atoms with Gasteiger partial charge in [0.05, 0.1) is 6.04 Å². The Hall–Kier alpha value is -2.83. The number of carboxylic acids is 1. The predicted molar refractivity (Wildman–Crippen MR) is 107 cm³/mol. The fourth-order valence-corrected chi connectivity index (χ4v) is 2.52. The van der Waals surface area contributed by atoms with Crippen LogP contribution in [0.2, 0.25) is 0 Å². The summed E-state index contributed by atoms with van der Waals surface area (Å²) in [6, 6.07) is 8.38. The molecule has 3 atom stereocenters. The molecule has 0 spiro atoms. The number of ether oxygens (including phenoxy) is 1. The SMILES string of the molecule is CC(Cc1ccccc1)[C@@H](/C=C/C(=O)O)NC(=O)[C@H](C)NC(=O)OC(C)(C)C. The summed E-state index contributed by atoms with van der Waals surface area (Å²) >= 11 is 0. The molecule has 1 rings (SSSR count). The third-order valence-corrected chi connectivity index (χ3v) is 3.90. The highest BCUT2D eigenvalue weighted by Crippen LogP contribution is 2.14. The minimum atomic E-state index is -1.09. The first-order chi connectivity index (χ1) is 13.0. The highest BCUT2D eigenvalue weighted by atomic mass is 16.6. The van der Waals surface area contributed by atoms with E-state index in [9.17, 15) is 14.4 Å². The van der Waals surface area contributed by atoms with Crippen molar-refractivity contribution in [3.05, 3.63) is 48.0 Å². The number of carbonyl (C=O) groups excluding carboxylic acids is 2. The van der Waals surface area contributed by atoms with E-state index in [1.165, 1.54) is 6.08 Å². The minimum Gasteiger partial charge on any atom is -0.478 e. The van der Waals surface area contributed by atoms with Gasteiger partial charge >= 0.3 is 12.1 Å².